The SMILES string of the molecule is O=C(CSc1cccs1)Nc1ccc(Oc2ccccc2)cc1. The number of para-hydroxylation sites is 1. The average Bonchev–Trinajstić information content (AvgIpc) is 3.09. The van der Waals surface area contributed by atoms with Crippen LogP contribution >= 0.6 is 23.1 Å². The highest BCUT2D eigenvalue weighted by atomic mass is 32.2. The van der Waals surface area contributed by atoms with Gasteiger partial charge in [0.2, 0.25) is 5.91 Å². The lowest BCUT2D eigenvalue weighted by Crippen LogP contribution is -2.13. The van der Waals surface area contributed by atoms with Crippen LogP contribution in [0, 0.1) is 0 Å². The standard InChI is InChI=1S/C18H15NO2S2/c20-17(13-23-18-7-4-12-22-18)19-14-8-10-16(11-9-14)21-15-5-2-1-3-6-15/h1-12H,13H2,(H,19,20). The number of anilines is 1. The van der Waals surface area contributed by atoms with E-state index in [0.717, 1.165) is 21.4 Å². The van der Waals surface area contributed by atoms with E-state index < -0.39 is 0 Å². The molecule has 0 aliphatic heterocycles. The average molecular weight is 341 g/mol. The minimum Gasteiger partial charge on any atom is -0.457 e. The highest BCUT2D eigenvalue weighted by molar-refractivity contribution is 8.01. The summed E-state index contributed by atoms with van der Waals surface area (Å²) in [5, 5.41) is 4.89. The second-order valence-electron chi connectivity index (χ2n) is 4.71. The third kappa shape index (κ3) is 4.87. The molecule has 1 heterocycles. The molecule has 116 valence electrons. The third-order valence-electron chi connectivity index (χ3n) is 2.96. The molecule has 0 aliphatic carbocycles. The van der Waals surface area contributed by atoms with Crippen LogP contribution in [0.25, 0.3) is 0 Å². The second kappa shape index (κ2) is 7.85. The van der Waals surface area contributed by atoms with Crippen LogP contribution in [-0.2, 0) is 4.79 Å². The zero-order valence-corrected chi connectivity index (χ0v) is 13.9. The van der Waals surface area contributed by atoms with Gasteiger partial charge >= 0.3 is 0 Å². The quantitative estimate of drug-likeness (QED) is 0.621. The molecule has 0 saturated heterocycles. The van der Waals surface area contributed by atoms with Crippen molar-refractivity contribution in [2.75, 3.05) is 11.1 Å². The summed E-state index contributed by atoms with van der Waals surface area (Å²) in [6.07, 6.45) is 0. The van der Waals surface area contributed by atoms with Gasteiger partial charge in [0, 0.05) is 5.69 Å². The number of hydrogen-bond donors (Lipinski definition) is 1. The molecule has 0 atom stereocenters. The topological polar surface area (TPSA) is 38.3 Å². The first-order valence-electron chi connectivity index (χ1n) is 7.09. The van der Waals surface area contributed by atoms with E-state index in [4.69, 9.17) is 4.74 Å². The van der Waals surface area contributed by atoms with Crippen LogP contribution in [0.15, 0.2) is 76.3 Å². The minimum atomic E-state index is -0.0138. The van der Waals surface area contributed by atoms with Gasteiger partial charge in [0.25, 0.3) is 0 Å². The van der Waals surface area contributed by atoms with Crippen LogP contribution in [0.2, 0.25) is 0 Å². The smallest absolute Gasteiger partial charge is 0.234 e. The molecule has 0 bridgehead atoms. The molecule has 5 heteroatoms. The predicted molar refractivity (Wildman–Crippen MR) is 96.6 cm³/mol. The first-order chi connectivity index (χ1) is 11.3. The first-order valence-corrected chi connectivity index (χ1v) is 8.95. The summed E-state index contributed by atoms with van der Waals surface area (Å²) in [6, 6.07) is 21.0. The number of thiophene rings is 1. The second-order valence-corrected chi connectivity index (χ2v) is 6.93. The van der Waals surface area contributed by atoms with Crippen molar-refractivity contribution in [3.63, 3.8) is 0 Å². The van der Waals surface area contributed by atoms with Crippen molar-refractivity contribution in [2.45, 2.75) is 4.21 Å². The Balaban J connectivity index is 1.51. The Morgan fingerprint density at radius 2 is 1.70 bits per heavy atom. The number of thioether (sulfide) groups is 1. The van der Waals surface area contributed by atoms with E-state index in [-0.39, 0.29) is 5.91 Å². The zero-order chi connectivity index (χ0) is 15.9. The summed E-state index contributed by atoms with van der Waals surface area (Å²) in [7, 11) is 0. The fourth-order valence-electron chi connectivity index (χ4n) is 1.91. The summed E-state index contributed by atoms with van der Waals surface area (Å²) in [5.41, 5.74) is 0.766. The van der Waals surface area contributed by atoms with Crippen molar-refractivity contribution in [1.29, 1.82) is 0 Å². The summed E-state index contributed by atoms with van der Waals surface area (Å²) in [4.78, 5) is 11.9. The Labute approximate surface area is 143 Å². The summed E-state index contributed by atoms with van der Waals surface area (Å²) in [6.45, 7) is 0. The molecule has 2 aromatic carbocycles. The van der Waals surface area contributed by atoms with Crippen LogP contribution < -0.4 is 10.1 Å². The van der Waals surface area contributed by atoms with Crippen molar-refractivity contribution in [3.8, 4) is 11.5 Å². The van der Waals surface area contributed by atoms with Crippen molar-refractivity contribution in [1.82, 2.24) is 0 Å². The van der Waals surface area contributed by atoms with Crippen molar-refractivity contribution >= 4 is 34.7 Å². The molecule has 0 unspecified atom stereocenters. The van der Waals surface area contributed by atoms with Gasteiger partial charge in [-0.05, 0) is 47.8 Å². The van der Waals surface area contributed by atoms with Gasteiger partial charge in [-0.1, -0.05) is 24.3 Å². The molecular weight excluding hydrogens is 326 g/mol. The van der Waals surface area contributed by atoms with E-state index in [1.807, 2.05) is 72.1 Å². The Bertz CT molecular complexity index is 740. The molecule has 3 aromatic rings. The number of rotatable bonds is 6. The Hall–Kier alpha value is -2.24. The van der Waals surface area contributed by atoms with Crippen molar-refractivity contribution < 1.29 is 9.53 Å². The number of amides is 1. The Morgan fingerprint density at radius 1 is 0.957 bits per heavy atom. The van der Waals surface area contributed by atoms with Gasteiger partial charge in [0.05, 0.1) is 9.96 Å². The maximum absolute atomic E-state index is 11.9. The minimum absolute atomic E-state index is 0.0138. The number of benzene rings is 2. The fourth-order valence-corrected chi connectivity index (χ4v) is 3.49. The molecule has 1 amide bonds. The molecular formula is C18H15NO2S2. The molecule has 0 saturated carbocycles. The van der Waals surface area contributed by atoms with Gasteiger partial charge in [-0.15, -0.1) is 23.1 Å². The molecule has 3 rings (SSSR count). The first kappa shape index (κ1) is 15.6. The zero-order valence-electron chi connectivity index (χ0n) is 12.3. The van der Waals surface area contributed by atoms with Gasteiger partial charge in [-0.3, -0.25) is 4.79 Å². The molecule has 1 aromatic heterocycles. The van der Waals surface area contributed by atoms with E-state index >= 15 is 0 Å². The number of carbonyl (C=O) groups excluding carboxylic acids is 1. The summed E-state index contributed by atoms with van der Waals surface area (Å²) >= 11 is 3.18. The van der Waals surface area contributed by atoms with Crippen molar-refractivity contribution in [3.05, 3.63) is 72.1 Å². The molecule has 23 heavy (non-hydrogen) atoms. The lowest BCUT2D eigenvalue weighted by atomic mass is 10.3. The van der Waals surface area contributed by atoms with Gasteiger partial charge in [-0.25, -0.2) is 0 Å². The fraction of sp³-hybridized carbons (Fsp3) is 0.0556. The van der Waals surface area contributed by atoms with Crippen molar-refractivity contribution in [2.24, 2.45) is 0 Å². The van der Waals surface area contributed by atoms with E-state index in [1.54, 1.807) is 23.1 Å². The molecule has 3 nitrogen and oxygen atoms in total. The Morgan fingerprint density at radius 3 is 2.39 bits per heavy atom. The summed E-state index contributed by atoms with van der Waals surface area (Å²) in [5.74, 6) is 1.92. The number of carbonyl (C=O) groups is 1. The maximum Gasteiger partial charge on any atom is 0.234 e. The van der Waals surface area contributed by atoms with Crippen LogP contribution in [0.3, 0.4) is 0 Å². The number of nitrogens with one attached hydrogen (secondary N) is 1. The molecule has 0 radical (unpaired) electrons. The van der Waals surface area contributed by atoms with Gasteiger partial charge in [0.15, 0.2) is 0 Å². The van der Waals surface area contributed by atoms with Gasteiger partial charge < -0.3 is 10.1 Å². The van der Waals surface area contributed by atoms with E-state index in [9.17, 15) is 4.79 Å². The van der Waals surface area contributed by atoms with E-state index in [1.165, 1.54) is 0 Å². The van der Waals surface area contributed by atoms with Crippen LogP contribution in [0.5, 0.6) is 11.5 Å². The lowest BCUT2D eigenvalue weighted by molar-refractivity contribution is -0.113. The van der Waals surface area contributed by atoms with Gasteiger partial charge in [0.1, 0.15) is 11.5 Å². The van der Waals surface area contributed by atoms with Gasteiger partial charge in [-0.2, -0.15) is 0 Å². The highest BCUT2D eigenvalue weighted by Gasteiger charge is 2.05. The predicted octanol–water partition coefficient (Wildman–Crippen LogP) is 5.27. The number of ether oxygens (including phenoxy) is 1. The molecule has 0 aliphatic rings. The summed E-state index contributed by atoms with van der Waals surface area (Å²) < 4.78 is 6.86. The molecule has 0 spiro atoms. The van der Waals surface area contributed by atoms with Crippen LogP contribution in [0.4, 0.5) is 5.69 Å². The molecule has 1 N–H and O–H groups in total. The monoisotopic (exact) mass is 341 g/mol. The highest BCUT2D eigenvalue weighted by Crippen LogP contribution is 2.24. The third-order valence-corrected chi connectivity index (χ3v) is 5.09. The normalized spacial score (nSPS) is 10.3. The Kier molecular flexibility index (Phi) is 5.34. The maximum atomic E-state index is 11.9. The lowest BCUT2D eigenvalue weighted by Gasteiger charge is -2.08. The largest absolute Gasteiger partial charge is 0.457 e. The van der Waals surface area contributed by atoms with Crippen LogP contribution in [0.1, 0.15) is 0 Å². The van der Waals surface area contributed by atoms with E-state index in [0.29, 0.717) is 5.75 Å². The molecule has 0 fully saturated rings. The van der Waals surface area contributed by atoms with Crippen LogP contribution in [-0.4, -0.2) is 11.7 Å². The van der Waals surface area contributed by atoms with E-state index in [2.05, 4.69) is 5.32 Å². The number of hydrogen-bond acceptors (Lipinski definition) is 4.